The van der Waals surface area contributed by atoms with E-state index in [-0.39, 0.29) is 0 Å². The van der Waals surface area contributed by atoms with E-state index in [1.54, 1.807) is 14.2 Å². The van der Waals surface area contributed by atoms with Gasteiger partial charge in [0.05, 0.1) is 14.2 Å². The van der Waals surface area contributed by atoms with E-state index in [1.165, 1.54) is 44.5 Å². The molecule has 1 aliphatic heterocycles. The lowest BCUT2D eigenvalue weighted by atomic mass is 9.94. The Morgan fingerprint density at radius 1 is 1.00 bits per heavy atom. The van der Waals surface area contributed by atoms with Crippen LogP contribution in [-0.4, -0.2) is 56.7 Å². The van der Waals surface area contributed by atoms with E-state index >= 15 is 0 Å². The maximum Gasteiger partial charge on any atom is 0.123 e. The summed E-state index contributed by atoms with van der Waals surface area (Å²) in [6, 6.07) is 6.06. The van der Waals surface area contributed by atoms with E-state index in [1.807, 2.05) is 12.1 Å². The number of rotatable bonds is 6. The van der Waals surface area contributed by atoms with Crippen LogP contribution in [0.3, 0.4) is 0 Å². The van der Waals surface area contributed by atoms with Gasteiger partial charge in [0.2, 0.25) is 0 Å². The molecular weight excluding hydrogens is 300 g/mol. The first-order valence-corrected chi connectivity index (χ1v) is 9.09. The second kappa shape index (κ2) is 8.54. The van der Waals surface area contributed by atoms with Gasteiger partial charge in [-0.3, -0.25) is 4.90 Å². The molecule has 0 N–H and O–H groups in total. The first-order valence-electron chi connectivity index (χ1n) is 9.09. The molecule has 0 radical (unpaired) electrons. The molecule has 2 aliphatic rings. The molecule has 1 aromatic rings. The third-order valence-electron chi connectivity index (χ3n) is 5.24. The third kappa shape index (κ3) is 4.52. The Hall–Kier alpha value is -1.52. The highest BCUT2D eigenvalue weighted by Crippen LogP contribution is 2.26. The van der Waals surface area contributed by atoms with Crippen LogP contribution in [-0.2, 0) is 6.54 Å². The SMILES string of the molecule is COc1ccc(OC)c(CN2CCN(C[C@@H]3CC=CCC3)CC2)c1. The lowest BCUT2D eigenvalue weighted by Crippen LogP contribution is -2.47. The largest absolute Gasteiger partial charge is 0.497 e. The molecule has 1 fully saturated rings. The zero-order chi connectivity index (χ0) is 16.8. The molecule has 4 heteroatoms. The van der Waals surface area contributed by atoms with Crippen molar-refractivity contribution in [3.63, 3.8) is 0 Å². The zero-order valence-corrected chi connectivity index (χ0v) is 15.0. The van der Waals surface area contributed by atoms with Crippen molar-refractivity contribution in [1.29, 1.82) is 0 Å². The van der Waals surface area contributed by atoms with Crippen LogP contribution in [0.1, 0.15) is 24.8 Å². The smallest absolute Gasteiger partial charge is 0.123 e. The van der Waals surface area contributed by atoms with Crippen molar-refractivity contribution in [3.8, 4) is 11.5 Å². The molecule has 0 saturated carbocycles. The topological polar surface area (TPSA) is 24.9 Å². The van der Waals surface area contributed by atoms with Crippen LogP contribution < -0.4 is 9.47 Å². The number of nitrogens with zero attached hydrogens (tertiary/aromatic N) is 2. The quantitative estimate of drug-likeness (QED) is 0.748. The summed E-state index contributed by atoms with van der Waals surface area (Å²) in [5.41, 5.74) is 1.21. The van der Waals surface area contributed by atoms with Crippen molar-refractivity contribution >= 4 is 0 Å². The average Bonchev–Trinajstić information content (AvgIpc) is 2.64. The second-order valence-corrected chi connectivity index (χ2v) is 6.91. The maximum atomic E-state index is 5.51. The Labute approximate surface area is 146 Å². The minimum Gasteiger partial charge on any atom is -0.497 e. The van der Waals surface area contributed by atoms with Crippen LogP contribution in [0.5, 0.6) is 11.5 Å². The van der Waals surface area contributed by atoms with Gasteiger partial charge in [-0.05, 0) is 43.4 Å². The van der Waals surface area contributed by atoms with Gasteiger partial charge in [-0.25, -0.2) is 0 Å². The van der Waals surface area contributed by atoms with E-state index in [2.05, 4.69) is 28.0 Å². The number of ether oxygens (including phenoxy) is 2. The molecule has 0 bridgehead atoms. The van der Waals surface area contributed by atoms with E-state index in [0.29, 0.717) is 0 Å². The summed E-state index contributed by atoms with van der Waals surface area (Å²) in [6.07, 6.45) is 8.58. The summed E-state index contributed by atoms with van der Waals surface area (Å²) in [6.45, 7) is 6.80. The summed E-state index contributed by atoms with van der Waals surface area (Å²) in [5.74, 6) is 2.71. The Balaban J connectivity index is 1.51. The fraction of sp³-hybridized carbons (Fsp3) is 0.600. The number of methoxy groups -OCH3 is 2. The van der Waals surface area contributed by atoms with Gasteiger partial charge >= 0.3 is 0 Å². The van der Waals surface area contributed by atoms with E-state index < -0.39 is 0 Å². The standard InChI is InChI=1S/C20H30N2O2/c1-23-19-8-9-20(24-2)18(14-19)16-22-12-10-21(11-13-22)15-17-6-4-3-5-7-17/h3-4,8-9,14,17H,5-7,10-13,15-16H2,1-2H3/t17-/m1/s1. The number of allylic oxidation sites excluding steroid dienone is 2. The van der Waals surface area contributed by atoms with Crippen molar-refractivity contribution < 1.29 is 9.47 Å². The van der Waals surface area contributed by atoms with Gasteiger partial charge in [-0.2, -0.15) is 0 Å². The summed E-state index contributed by atoms with van der Waals surface area (Å²) < 4.78 is 10.9. The number of hydrogen-bond acceptors (Lipinski definition) is 4. The summed E-state index contributed by atoms with van der Waals surface area (Å²) >= 11 is 0. The van der Waals surface area contributed by atoms with Crippen molar-refractivity contribution in [2.75, 3.05) is 46.9 Å². The van der Waals surface area contributed by atoms with E-state index in [4.69, 9.17) is 9.47 Å². The molecule has 3 rings (SSSR count). The number of hydrogen-bond donors (Lipinski definition) is 0. The molecule has 132 valence electrons. The highest BCUT2D eigenvalue weighted by molar-refractivity contribution is 5.40. The van der Waals surface area contributed by atoms with Crippen molar-refractivity contribution in [2.24, 2.45) is 5.92 Å². The Morgan fingerprint density at radius 3 is 2.46 bits per heavy atom. The highest BCUT2D eigenvalue weighted by Gasteiger charge is 2.21. The van der Waals surface area contributed by atoms with Crippen LogP contribution in [0, 0.1) is 5.92 Å². The Kier molecular flexibility index (Phi) is 6.16. The predicted molar refractivity (Wildman–Crippen MR) is 97.7 cm³/mol. The maximum absolute atomic E-state index is 5.51. The molecule has 1 aliphatic carbocycles. The van der Waals surface area contributed by atoms with Crippen LogP contribution in [0.25, 0.3) is 0 Å². The first kappa shape index (κ1) is 17.3. The van der Waals surface area contributed by atoms with E-state index in [0.717, 1.165) is 37.1 Å². The number of piperazine rings is 1. The molecule has 4 nitrogen and oxygen atoms in total. The molecule has 0 unspecified atom stereocenters. The zero-order valence-electron chi connectivity index (χ0n) is 15.0. The van der Waals surface area contributed by atoms with Crippen LogP contribution in [0.2, 0.25) is 0 Å². The van der Waals surface area contributed by atoms with Crippen LogP contribution in [0.15, 0.2) is 30.4 Å². The predicted octanol–water partition coefficient (Wildman–Crippen LogP) is 3.18. The van der Waals surface area contributed by atoms with E-state index in [9.17, 15) is 0 Å². The molecule has 1 aromatic carbocycles. The fourth-order valence-corrected chi connectivity index (χ4v) is 3.76. The average molecular weight is 330 g/mol. The Bertz CT molecular complexity index is 551. The molecule has 0 aromatic heterocycles. The molecule has 1 atom stereocenters. The molecule has 24 heavy (non-hydrogen) atoms. The second-order valence-electron chi connectivity index (χ2n) is 6.91. The molecule has 0 spiro atoms. The summed E-state index contributed by atoms with van der Waals surface area (Å²) in [4.78, 5) is 5.16. The van der Waals surface area contributed by atoms with Crippen LogP contribution in [0.4, 0.5) is 0 Å². The normalized spacial score (nSPS) is 22.5. The van der Waals surface area contributed by atoms with Gasteiger partial charge in [0.1, 0.15) is 11.5 Å². The van der Waals surface area contributed by atoms with Gasteiger partial charge in [0.15, 0.2) is 0 Å². The minimum absolute atomic E-state index is 0.861. The fourth-order valence-electron chi connectivity index (χ4n) is 3.76. The summed E-state index contributed by atoms with van der Waals surface area (Å²) in [5, 5.41) is 0. The Morgan fingerprint density at radius 2 is 1.79 bits per heavy atom. The lowest BCUT2D eigenvalue weighted by molar-refractivity contribution is 0.110. The minimum atomic E-state index is 0.861. The van der Waals surface area contributed by atoms with Gasteiger partial charge in [-0.15, -0.1) is 0 Å². The lowest BCUT2D eigenvalue weighted by Gasteiger charge is -2.37. The van der Waals surface area contributed by atoms with Gasteiger partial charge in [0.25, 0.3) is 0 Å². The van der Waals surface area contributed by atoms with Gasteiger partial charge in [-0.1, -0.05) is 12.2 Å². The summed E-state index contributed by atoms with van der Waals surface area (Å²) in [7, 11) is 3.45. The van der Waals surface area contributed by atoms with Crippen molar-refractivity contribution in [3.05, 3.63) is 35.9 Å². The van der Waals surface area contributed by atoms with Crippen molar-refractivity contribution in [2.45, 2.75) is 25.8 Å². The molecule has 1 saturated heterocycles. The number of benzene rings is 1. The molecular formula is C20H30N2O2. The third-order valence-corrected chi connectivity index (χ3v) is 5.24. The highest BCUT2D eigenvalue weighted by atomic mass is 16.5. The first-order chi connectivity index (χ1) is 11.8. The van der Waals surface area contributed by atoms with Gasteiger partial charge < -0.3 is 14.4 Å². The van der Waals surface area contributed by atoms with Gasteiger partial charge in [0, 0.05) is 44.8 Å². The molecule has 1 heterocycles. The van der Waals surface area contributed by atoms with Crippen LogP contribution >= 0.6 is 0 Å². The van der Waals surface area contributed by atoms with Crippen molar-refractivity contribution in [1.82, 2.24) is 9.80 Å². The monoisotopic (exact) mass is 330 g/mol. The molecule has 0 amide bonds.